The van der Waals surface area contributed by atoms with E-state index in [1.807, 2.05) is 0 Å². The van der Waals surface area contributed by atoms with Crippen LogP contribution >= 0.6 is 0 Å². The van der Waals surface area contributed by atoms with Gasteiger partial charge in [-0.25, -0.2) is 9.59 Å². The third-order valence-corrected chi connectivity index (χ3v) is 4.05. The molecule has 0 saturated carbocycles. The fourth-order valence-electron chi connectivity index (χ4n) is 2.47. The summed E-state index contributed by atoms with van der Waals surface area (Å²) in [5.41, 5.74) is 1.14. The van der Waals surface area contributed by atoms with Gasteiger partial charge in [0.05, 0.1) is 14.2 Å². The smallest absolute Gasteiger partial charge is 0.348 e. The second-order valence-electron chi connectivity index (χ2n) is 6.16. The van der Waals surface area contributed by atoms with Gasteiger partial charge in [0.1, 0.15) is 48.0 Å². The van der Waals surface area contributed by atoms with Crippen molar-refractivity contribution in [2.24, 2.45) is 0 Å². The van der Waals surface area contributed by atoms with Gasteiger partial charge in [-0.1, -0.05) is 24.3 Å². The van der Waals surface area contributed by atoms with E-state index in [-0.39, 0.29) is 11.1 Å². The number of rotatable bonds is 9. The van der Waals surface area contributed by atoms with Crippen molar-refractivity contribution in [3.63, 3.8) is 0 Å². The molecule has 0 aliphatic heterocycles. The molecule has 0 N–H and O–H groups in total. The monoisotopic (exact) mass is 432 g/mol. The molecule has 0 aliphatic carbocycles. The van der Waals surface area contributed by atoms with Gasteiger partial charge < -0.3 is 18.9 Å². The maximum Gasteiger partial charge on any atom is 0.348 e. The second-order valence-corrected chi connectivity index (χ2v) is 6.16. The fourth-order valence-corrected chi connectivity index (χ4v) is 2.47. The summed E-state index contributed by atoms with van der Waals surface area (Å²) in [5.74, 6) is -0.171. The Hall–Kier alpha value is -4.56. The van der Waals surface area contributed by atoms with Crippen LogP contribution in [0.5, 0.6) is 11.5 Å². The molecule has 0 atom stereocenters. The number of carbonyl (C=O) groups excluding carboxylic acids is 2. The molecule has 0 aromatic heterocycles. The maximum absolute atomic E-state index is 11.4. The molecule has 8 heteroatoms. The Morgan fingerprint density at radius 3 is 1.34 bits per heavy atom. The van der Waals surface area contributed by atoms with Crippen molar-refractivity contribution in [3.05, 3.63) is 70.8 Å². The zero-order valence-corrected chi connectivity index (χ0v) is 17.5. The first-order valence-electron chi connectivity index (χ1n) is 9.36. The summed E-state index contributed by atoms with van der Waals surface area (Å²) in [6.07, 6.45) is 2.87. The minimum atomic E-state index is -0.692. The topological polar surface area (TPSA) is 119 Å². The molecule has 0 aliphatic rings. The average molecular weight is 432 g/mol. The predicted octanol–water partition coefficient (Wildman–Crippen LogP) is 3.30. The number of hydrogen-bond donors (Lipinski definition) is 0. The van der Waals surface area contributed by atoms with Crippen LogP contribution in [0.2, 0.25) is 0 Å². The Morgan fingerprint density at radius 2 is 1.06 bits per heavy atom. The molecule has 2 aromatic rings. The molecule has 2 aromatic carbocycles. The molecule has 0 spiro atoms. The number of methoxy groups -OCH3 is 2. The fraction of sp³-hybridized carbons (Fsp3) is 0.167. The summed E-state index contributed by atoms with van der Waals surface area (Å²) in [7, 11) is 2.43. The number of ether oxygens (including phenoxy) is 4. The van der Waals surface area contributed by atoms with E-state index in [9.17, 15) is 9.59 Å². The van der Waals surface area contributed by atoms with Gasteiger partial charge in [0.25, 0.3) is 0 Å². The van der Waals surface area contributed by atoms with Crippen LogP contribution in [-0.4, -0.2) is 39.4 Å². The van der Waals surface area contributed by atoms with E-state index >= 15 is 0 Å². The summed E-state index contributed by atoms with van der Waals surface area (Å²) in [6, 6.07) is 17.3. The highest BCUT2D eigenvalue weighted by Crippen LogP contribution is 2.17. The summed E-state index contributed by atoms with van der Waals surface area (Å²) in [5, 5.41) is 18.0. The molecule has 162 valence electrons. The first-order valence-corrected chi connectivity index (χ1v) is 9.36. The number of benzene rings is 2. The van der Waals surface area contributed by atoms with E-state index in [4.69, 9.17) is 20.0 Å². The van der Waals surface area contributed by atoms with E-state index in [0.717, 1.165) is 0 Å². The third-order valence-electron chi connectivity index (χ3n) is 4.05. The maximum atomic E-state index is 11.4. The highest BCUT2D eigenvalue weighted by Gasteiger charge is 2.09. The average Bonchev–Trinajstić information content (AvgIpc) is 2.84. The molecule has 0 radical (unpaired) electrons. The first kappa shape index (κ1) is 23.7. The van der Waals surface area contributed by atoms with E-state index < -0.39 is 11.9 Å². The van der Waals surface area contributed by atoms with Crippen LogP contribution in [0.4, 0.5) is 0 Å². The van der Waals surface area contributed by atoms with Crippen molar-refractivity contribution in [3.8, 4) is 23.6 Å². The number of nitrogens with zero attached hydrogens (tertiary/aromatic N) is 2. The van der Waals surface area contributed by atoms with Gasteiger partial charge in [-0.2, -0.15) is 10.5 Å². The molecular formula is C24H20N2O6. The molecule has 2 rings (SSSR count). The molecule has 0 bridgehead atoms. The Labute approximate surface area is 185 Å². The van der Waals surface area contributed by atoms with Crippen molar-refractivity contribution < 1.29 is 28.5 Å². The van der Waals surface area contributed by atoms with Gasteiger partial charge in [-0.15, -0.1) is 0 Å². The number of nitriles is 2. The lowest BCUT2D eigenvalue weighted by atomic mass is 10.1. The lowest BCUT2D eigenvalue weighted by Gasteiger charge is -2.09. The third kappa shape index (κ3) is 7.05. The minimum absolute atomic E-state index is 0.0924. The first-order chi connectivity index (χ1) is 15.5. The van der Waals surface area contributed by atoms with Crippen molar-refractivity contribution in [1.29, 1.82) is 10.5 Å². The quantitative estimate of drug-likeness (QED) is 0.256. The number of carbonyl (C=O) groups is 2. The van der Waals surface area contributed by atoms with Crippen LogP contribution < -0.4 is 9.47 Å². The summed E-state index contributed by atoms with van der Waals surface area (Å²) in [6.45, 7) is 0.590. The zero-order chi connectivity index (χ0) is 23.3. The SMILES string of the molecule is COC(=O)/C(C#N)=C/c1ccc(OCCOc2ccc(/C=C(\C#N)C(=O)OC)cc2)cc1. The largest absolute Gasteiger partial charge is 0.490 e. The van der Waals surface area contributed by atoms with Gasteiger partial charge in [-0.05, 0) is 47.5 Å². The highest BCUT2D eigenvalue weighted by atomic mass is 16.5. The lowest BCUT2D eigenvalue weighted by Crippen LogP contribution is -2.09. The van der Waals surface area contributed by atoms with Crippen molar-refractivity contribution in [1.82, 2.24) is 0 Å². The van der Waals surface area contributed by atoms with Crippen LogP contribution in [0.25, 0.3) is 12.2 Å². The Balaban J connectivity index is 1.85. The van der Waals surface area contributed by atoms with Crippen LogP contribution in [0.3, 0.4) is 0 Å². The zero-order valence-electron chi connectivity index (χ0n) is 17.5. The normalized spacial score (nSPS) is 11.0. The predicted molar refractivity (Wildman–Crippen MR) is 115 cm³/mol. The van der Waals surface area contributed by atoms with E-state index in [1.165, 1.54) is 26.4 Å². The van der Waals surface area contributed by atoms with Crippen LogP contribution in [0.15, 0.2) is 59.7 Å². The Bertz CT molecular complexity index is 998. The van der Waals surface area contributed by atoms with Crippen LogP contribution in [-0.2, 0) is 19.1 Å². The summed E-state index contributed by atoms with van der Waals surface area (Å²) in [4.78, 5) is 22.9. The molecule has 8 nitrogen and oxygen atoms in total. The number of hydrogen-bond acceptors (Lipinski definition) is 8. The molecule has 0 saturated heterocycles. The molecule has 0 amide bonds. The van der Waals surface area contributed by atoms with Crippen LogP contribution in [0.1, 0.15) is 11.1 Å². The Kier molecular flexibility index (Phi) is 9.05. The van der Waals surface area contributed by atoms with Crippen LogP contribution in [0, 0.1) is 22.7 Å². The second kappa shape index (κ2) is 12.2. The molecule has 0 unspecified atom stereocenters. The molecule has 32 heavy (non-hydrogen) atoms. The van der Waals surface area contributed by atoms with Gasteiger partial charge >= 0.3 is 11.9 Å². The van der Waals surface area contributed by atoms with Gasteiger partial charge in [-0.3, -0.25) is 0 Å². The van der Waals surface area contributed by atoms with E-state index in [0.29, 0.717) is 35.8 Å². The minimum Gasteiger partial charge on any atom is -0.490 e. The van der Waals surface area contributed by atoms with E-state index in [2.05, 4.69) is 9.47 Å². The van der Waals surface area contributed by atoms with Crippen molar-refractivity contribution >= 4 is 24.1 Å². The number of esters is 2. The van der Waals surface area contributed by atoms with E-state index in [1.54, 1.807) is 60.7 Å². The highest BCUT2D eigenvalue weighted by molar-refractivity contribution is 5.98. The lowest BCUT2D eigenvalue weighted by molar-refractivity contribution is -0.136. The Morgan fingerprint density at radius 1 is 0.719 bits per heavy atom. The van der Waals surface area contributed by atoms with Gasteiger partial charge in [0.15, 0.2) is 0 Å². The van der Waals surface area contributed by atoms with Crippen molar-refractivity contribution in [2.75, 3.05) is 27.4 Å². The molecule has 0 fully saturated rings. The van der Waals surface area contributed by atoms with Crippen molar-refractivity contribution in [2.45, 2.75) is 0 Å². The van der Waals surface area contributed by atoms with Gasteiger partial charge in [0.2, 0.25) is 0 Å². The van der Waals surface area contributed by atoms with Gasteiger partial charge in [0, 0.05) is 0 Å². The standard InChI is InChI=1S/C24H20N2O6/c1-29-23(27)19(15-25)13-17-3-7-21(8-4-17)31-11-12-32-22-9-5-18(6-10-22)14-20(16-26)24(28)30-2/h3-10,13-14H,11-12H2,1-2H3/b19-13+,20-14+. The molecule has 0 heterocycles. The molecular weight excluding hydrogens is 412 g/mol. The summed E-state index contributed by atoms with van der Waals surface area (Å²) < 4.78 is 20.3. The summed E-state index contributed by atoms with van der Waals surface area (Å²) >= 11 is 0.